The largest absolute Gasteiger partial charge is 0.478 e. The molecule has 1 aliphatic heterocycles. The van der Waals surface area contributed by atoms with Crippen molar-refractivity contribution < 1.29 is 19.4 Å². The van der Waals surface area contributed by atoms with Crippen LogP contribution in [0, 0.1) is 0 Å². The summed E-state index contributed by atoms with van der Waals surface area (Å²) >= 11 is 0. The fourth-order valence-electron chi connectivity index (χ4n) is 1.44. The molecule has 1 aromatic carbocycles. The third kappa shape index (κ3) is 1.62. The summed E-state index contributed by atoms with van der Waals surface area (Å²) < 4.78 is 10.5. The summed E-state index contributed by atoms with van der Waals surface area (Å²) in [7, 11) is 0. The van der Waals surface area contributed by atoms with Crippen molar-refractivity contribution >= 4 is 5.97 Å². The Morgan fingerprint density at radius 3 is 2.57 bits per heavy atom. The Kier molecular flexibility index (Phi) is 2.47. The minimum Gasteiger partial charge on any atom is -0.478 e. The summed E-state index contributed by atoms with van der Waals surface area (Å²) in [5.41, 5.74) is 0.817. The van der Waals surface area contributed by atoms with Crippen molar-refractivity contribution in [1.29, 1.82) is 0 Å². The molecule has 0 saturated carbocycles. The Bertz CT molecular complexity index is 342. The molecule has 14 heavy (non-hydrogen) atoms. The summed E-state index contributed by atoms with van der Waals surface area (Å²) in [5.74, 6) is -0.959. The Balaban J connectivity index is 2.35. The van der Waals surface area contributed by atoms with Crippen molar-refractivity contribution in [3.05, 3.63) is 35.4 Å². The van der Waals surface area contributed by atoms with E-state index in [9.17, 15) is 4.79 Å². The van der Waals surface area contributed by atoms with E-state index in [4.69, 9.17) is 14.6 Å². The second-order valence-electron chi connectivity index (χ2n) is 2.97. The number of rotatable bonds is 2. The lowest BCUT2D eigenvalue weighted by atomic mass is 10.1. The summed E-state index contributed by atoms with van der Waals surface area (Å²) in [6.45, 7) is 1.03. The number of hydrogen-bond donors (Lipinski definition) is 1. The molecule has 0 radical (unpaired) electrons. The summed E-state index contributed by atoms with van der Waals surface area (Å²) in [6, 6.07) is 6.71. The van der Waals surface area contributed by atoms with Crippen LogP contribution < -0.4 is 0 Å². The highest BCUT2D eigenvalue weighted by molar-refractivity contribution is 5.89. The van der Waals surface area contributed by atoms with Crippen molar-refractivity contribution in [1.82, 2.24) is 0 Å². The van der Waals surface area contributed by atoms with E-state index in [1.807, 2.05) is 0 Å². The third-order valence-corrected chi connectivity index (χ3v) is 2.07. The maximum absolute atomic E-state index is 10.9. The summed E-state index contributed by atoms with van der Waals surface area (Å²) in [6.07, 6.45) is -0.526. The van der Waals surface area contributed by atoms with Crippen molar-refractivity contribution in [2.75, 3.05) is 13.2 Å². The Morgan fingerprint density at radius 1 is 1.29 bits per heavy atom. The van der Waals surface area contributed by atoms with E-state index in [1.165, 1.54) is 0 Å². The van der Waals surface area contributed by atoms with Crippen molar-refractivity contribution in [3.8, 4) is 0 Å². The van der Waals surface area contributed by atoms with Crippen LogP contribution in [0.3, 0.4) is 0 Å². The molecule has 74 valence electrons. The smallest absolute Gasteiger partial charge is 0.336 e. The first-order valence-corrected chi connectivity index (χ1v) is 4.34. The fraction of sp³-hybridized carbons (Fsp3) is 0.300. The topological polar surface area (TPSA) is 55.8 Å². The second-order valence-corrected chi connectivity index (χ2v) is 2.97. The van der Waals surface area contributed by atoms with Crippen LogP contribution in [0.4, 0.5) is 0 Å². The lowest BCUT2D eigenvalue weighted by molar-refractivity contribution is -0.0448. The number of hydrogen-bond acceptors (Lipinski definition) is 3. The molecule has 0 aliphatic carbocycles. The van der Waals surface area contributed by atoms with Gasteiger partial charge in [-0.2, -0.15) is 0 Å². The van der Waals surface area contributed by atoms with E-state index in [0.717, 1.165) is 0 Å². The van der Waals surface area contributed by atoms with E-state index < -0.39 is 12.3 Å². The Hall–Kier alpha value is -1.39. The average Bonchev–Trinajstić information content (AvgIpc) is 2.70. The number of ether oxygens (including phenoxy) is 2. The fourth-order valence-corrected chi connectivity index (χ4v) is 1.44. The van der Waals surface area contributed by atoms with E-state index in [1.54, 1.807) is 24.3 Å². The first-order chi connectivity index (χ1) is 6.79. The molecule has 1 saturated heterocycles. The highest BCUT2D eigenvalue weighted by Gasteiger charge is 2.23. The Morgan fingerprint density at radius 2 is 1.93 bits per heavy atom. The minimum atomic E-state index is -0.959. The van der Waals surface area contributed by atoms with Gasteiger partial charge in [0.2, 0.25) is 0 Å². The van der Waals surface area contributed by atoms with Gasteiger partial charge in [-0.25, -0.2) is 4.79 Å². The zero-order valence-corrected chi connectivity index (χ0v) is 7.47. The molecule has 1 aromatic rings. The first kappa shape index (κ1) is 9.18. The molecule has 0 bridgehead atoms. The van der Waals surface area contributed by atoms with Crippen LogP contribution in [0.25, 0.3) is 0 Å². The molecule has 1 aliphatic rings. The van der Waals surface area contributed by atoms with Crippen molar-refractivity contribution in [3.63, 3.8) is 0 Å². The quantitative estimate of drug-likeness (QED) is 0.773. The number of carboxylic acid groups (broad SMARTS) is 1. The van der Waals surface area contributed by atoms with Gasteiger partial charge in [0.15, 0.2) is 6.29 Å². The van der Waals surface area contributed by atoms with E-state index in [-0.39, 0.29) is 5.56 Å². The van der Waals surface area contributed by atoms with Gasteiger partial charge in [-0.05, 0) is 6.07 Å². The predicted octanol–water partition coefficient (Wildman–Crippen LogP) is 1.43. The standard InChI is InChI=1S/C10H10O4/c11-9(12)7-3-1-2-4-8(7)10-13-5-6-14-10/h1-4,10H,5-6H2,(H,11,12). The SMILES string of the molecule is O=C(O)c1ccccc1C1OCCO1. The van der Waals surface area contributed by atoms with Gasteiger partial charge >= 0.3 is 5.97 Å². The van der Waals surface area contributed by atoms with Crippen LogP contribution in [0.1, 0.15) is 22.2 Å². The molecular weight excluding hydrogens is 184 g/mol. The van der Waals surface area contributed by atoms with Crippen LogP contribution in [-0.4, -0.2) is 24.3 Å². The molecule has 1 N–H and O–H groups in total. The first-order valence-electron chi connectivity index (χ1n) is 4.34. The van der Waals surface area contributed by atoms with Crippen LogP contribution in [0.5, 0.6) is 0 Å². The van der Waals surface area contributed by atoms with Crippen molar-refractivity contribution in [2.24, 2.45) is 0 Å². The number of carbonyl (C=O) groups is 1. The minimum absolute atomic E-state index is 0.236. The van der Waals surface area contributed by atoms with Gasteiger partial charge in [0.05, 0.1) is 18.8 Å². The maximum Gasteiger partial charge on any atom is 0.336 e. The molecule has 4 nitrogen and oxygen atoms in total. The van der Waals surface area contributed by atoms with Crippen LogP contribution in [0.2, 0.25) is 0 Å². The highest BCUT2D eigenvalue weighted by Crippen LogP contribution is 2.25. The van der Waals surface area contributed by atoms with E-state index in [2.05, 4.69) is 0 Å². The second kappa shape index (κ2) is 3.77. The molecule has 1 heterocycles. The number of carboxylic acids is 1. The zero-order valence-electron chi connectivity index (χ0n) is 7.47. The molecule has 0 atom stereocenters. The van der Waals surface area contributed by atoms with Gasteiger partial charge in [0, 0.05) is 5.56 Å². The van der Waals surface area contributed by atoms with Gasteiger partial charge in [-0.15, -0.1) is 0 Å². The molecule has 0 amide bonds. The lowest BCUT2D eigenvalue weighted by Crippen LogP contribution is -2.07. The van der Waals surface area contributed by atoms with Gasteiger partial charge in [-0.1, -0.05) is 18.2 Å². The highest BCUT2D eigenvalue weighted by atomic mass is 16.7. The number of benzene rings is 1. The van der Waals surface area contributed by atoms with E-state index in [0.29, 0.717) is 18.8 Å². The van der Waals surface area contributed by atoms with Crippen molar-refractivity contribution in [2.45, 2.75) is 6.29 Å². The molecule has 0 unspecified atom stereocenters. The van der Waals surface area contributed by atoms with Gasteiger partial charge < -0.3 is 14.6 Å². The van der Waals surface area contributed by atoms with E-state index >= 15 is 0 Å². The molecule has 0 aromatic heterocycles. The third-order valence-electron chi connectivity index (χ3n) is 2.07. The molecule has 2 rings (SSSR count). The molecule has 1 fully saturated rings. The lowest BCUT2D eigenvalue weighted by Gasteiger charge is -2.11. The van der Waals surface area contributed by atoms with Crippen LogP contribution >= 0.6 is 0 Å². The summed E-state index contributed by atoms with van der Waals surface area (Å²) in [5, 5.41) is 8.91. The van der Waals surface area contributed by atoms with Gasteiger partial charge in [0.25, 0.3) is 0 Å². The predicted molar refractivity (Wildman–Crippen MR) is 48.0 cm³/mol. The number of aromatic carboxylic acids is 1. The Labute approximate surface area is 81.1 Å². The van der Waals surface area contributed by atoms with Gasteiger partial charge in [0.1, 0.15) is 0 Å². The zero-order chi connectivity index (χ0) is 9.97. The van der Waals surface area contributed by atoms with Crippen LogP contribution in [-0.2, 0) is 9.47 Å². The normalized spacial score (nSPS) is 17.1. The maximum atomic E-state index is 10.9. The summed E-state index contributed by atoms with van der Waals surface area (Å²) in [4.78, 5) is 10.9. The molecule has 0 spiro atoms. The van der Waals surface area contributed by atoms with Gasteiger partial charge in [-0.3, -0.25) is 0 Å². The van der Waals surface area contributed by atoms with Crippen LogP contribution in [0.15, 0.2) is 24.3 Å². The average molecular weight is 194 g/mol. The molecule has 4 heteroatoms. The molecular formula is C10H10O4. The monoisotopic (exact) mass is 194 g/mol.